The number of aryl methyl sites for hydroxylation is 1. The Labute approximate surface area is 142 Å². The molecular formula is C16H22N4O3S. The molecule has 0 radical (unpaired) electrons. The van der Waals surface area contributed by atoms with Gasteiger partial charge < -0.3 is 4.52 Å². The number of nitrogens with zero attached hydrogens (tertiary/aromatic N) is 4. The van der Waals surface area contributed by atoms with Gasteiger partial charge in [-0.1, -0.05) is 5.16 Å². The summed E-state index contributed by atoms with van der Waals surface area (Å²) < 4.78 is 31.3. The van der Waals surface area contributed by atoms with Gasteiger partial charge in [0.1, 0.15) is 0 Å². The molecule has 0 N–H and O–H groups in total. The van der Waals surface area contributed by atoms with Crippen molar-refractivity contribution in [3.63, 3.8) is 0 Å². The molecule has 130 valence electrons. The third kappa shape index (κ3) is 3.64. The molecule has 1 atom stereocenters. The molecule has 0 saturated carbocycles. The van der Waals surface area contributed by atoms with Gasteiger partial charge in [-0.15, -0.1) is 0 Å². The summed E-state index contributed by atoms with van der Waals surface area (Å²) >= 11 is 0. The fourth-order valence-electron chi connectivity index (χ4n) is 2.86. The van der Waals surface area contributed by atoms with E-state index < -0.39 is 10.0 Å². The zero-order valence-electron chi connectivity index (χ0n) is 13.9. The first kappa shape index (κ1) is 17.0. The molecule has 2 aromatic rings. The van der Waals surface area contributed by atoms with Gasteiger partial charge in [0.25, 0.3) is 5.89 Å². The summed E-state index contributed by atoms with van der Waals surface area (Å²) in [6.45, 7) is 4.65. The fourth-order valence-corrected chi connectivity index (χ4v) is 4.23. The Morgan fingerprint density at radius 2 is 2.25 bits per heavy atom. The summed E-state index contributed by atoms with van der Waals surface area (Å²) in [7, 11) is -3.15. The highest BCUT2D eigenvalue weighted by Gasteiger charge is 2.33. The highest BCUT2D eigenvalue weighted by Crippen LogP contribution is 2.25. The minimum Gasteiger partial charge on any atom is -0.334 e. The van der Waals surface area contributed by atoms with Gasteiger partial charge in [-0.2, -0.15) is 4.98 Å². The quantitative estimate of drug-likeness (QED) is 0.793. The van der Waals surface area contributed by atoms with E-state index >= 15 is 0 Å². The first-order valence-electron chi connectivity index (χ1n) is 8.18. The first-order valence-corrected chi connectivity index (χ1v) is 9.69. The minimum atomic E-state index is -3.15. The largest absolute Gasteiger partial charge is 0.334 e. The summed E-state index contributed by atoms with van der Waals surface area (Å²) in [5.41, 5.74) is 0.798. The number of aromatic nitrogens is 3. The van der Waals surface area contributed by atoms with E-state index in [4.69, 9.17) is 4.52 Å². The minimum absolute atomic E-state index is 0.346. The van der Waals surface area contributed by atoms with Crippen molar-refractivity contribution in [1.29, 1.82) is 0 Å². The van der Waals surface area contributed by atoms with E-state index in [2.05, 4.69) is 15.1 Å². The Morgan fingerprint density at radius 1 is 1.42 bits per heavy atom. The number of sulfonamides is 1. The highest BCUT2D eigenvalue weighted by molar-refractivity contribution is 7.89. The molecule has 1 aliphatic heterocycles. The van der Waals surface area contributed by atoms with Gasteiger partial charge in [0.15, 0.2) is 5.82 Å². The van der Waals surface area contributed by atoms with Crippen molar-refractivity contribution in [2.45, 2.75) is 38.4 Å². The fraction of sp³-hybridized carbons (Fsp3) is 0.562. The van der Waals surface area contributed by atoms with Crippen LogP contribution in [-0.2, 0) is 16.4 Å². The normalized spacial score (nSPS) is 19.2. The van der Waals surface area contributed by atoms with Crippen LogP contribution in [0.15, 0.2) is 29.0 Å². The van der Waals surface area contributed by atoms with E-state index in [-0.39, 0.29) is 5.25 Å². The number of hydrogen-bond donors (Lipinski definition) is 0. The van der Waals surface area contributed by atoms with Crippen molar-refractivity contribution in [2.75, 3.05) is 13.1 Å². The molecule has 1 aliphatic rings. The van der Waals surface area contributed by atoms with E-state index in [9.17, 15) is 8.42 Å². The molecule has 0 bridgehead atoms. The molecule has 24 heavy (non-hydrogen) atoms. The lowest BCUT2D eigenvalue weighted by atomic mass is 10.0. The van der Waals surface area contributed by atoms with Crippen molar-refractivity contribution >= 4 is 10.0 Å². The second-order valence-corrected chi connectivity index (χ2v) is 8.89. The predicted octanol–water partition coefficient (Wildman–Crippen LogP) is 2.12. The molecule has 2 aromatic heterocycles. The molecule has 0 aliphatic carbocycles. The van der Waals surface area contributed by atoms with Crippen LogP contribution in [0.5, 0.6) is 0 Å². The molecule has 3 heterocycles. The van der Waals surface area contributed by atoms with Gasteiger partial charge in [0.2, 0.25) is 10.0 Å². The maximum Gasteiger partial charge on any atom is 0.259 e. The average molecular weight is 350 g/mol. The summed E-state index contributed by atoms with van der Waals surface area (Å²) in [6.07, 6.45) is 5.81. The summed E-state index contributed by atoms with van der Waals surface area (Å²) in [4.78, 5) is 8.42. The van der Waals surface area contributed by atoms with Gasteiger partial charge in [-0.05, 0) is 44.7 Å². The van der Waals surface area contributed by atoms with Crippen LogP contribution in [0.1, 0.15) is 32.5 Å². The van der Waals surface area contributed by atoms with Gasteiger partial charge in [0, 0.05) is 31.9 Å². The van der Waals surface area contributed by atoms with E-state index in [1.165, 1.54) is 0 Å². The van der Waals surface area contributed by atoms with Crippen molar-refractivity contribution < 1.29 is 12.9 Å². The number of rotatable bonds is 6. The molecular weight excluding hydrogens is 328 g/mol. The molecule has 3 rings (SSSR count). The van der Waals surface area contributed by atoms with Crippen molar-refractivity contribution in [3.05, 3.63) is 30.4 Å². The Balaban J connectivity index is 1.55. The zero-order chi connectivity index (χ0) is 17.2. The molecule has 8 heteroatoms. The van der Waals surface area contributed by atoms with Crippen LogP contribution in [0.2, 0.25) is 0 Å². The van der Waals surface area contributed by atoms with Gasteiger partial charge in [0.05, 0.1) is 10.8 Å². The molecule has 1 unspecified atom stereocenters. The zero-order valence-corrected chi connectivity index (χ0v) is 14.7. The summed E-state index contributed by atoms with van der Waals surface area (Å²) in [6, 6.07) is 3.69. The SMILES string of the molecule is CC(C)S(=O)(=O)N1CCC(CCc2noc(-c3cccnc3)n2)C1. The summed E-state index contributed by atoms with van der Waals surface area (Å²) in [5.74, 6) is 1.46. The van der Waals surface area contributed by atoms with Crippen LogP contribution >= 0.6 is 0 Å². The van der Waals surface area contributed by atoms with Crippen molar-refractivity contribution in [1.82, 2.24) is 19.4 Å². The Morgan fingerprint density at radius 3 is 2.96 bits per heavy atom. The Kier molecular flexibility index (Phi) is 4.96. The molecule has 0 aromatic carbocycles. The van der Waals surface area contributed by atoms with Gasteiger partial charge in [-0.3, -0.25) is 4.98 Å². The molecule has 0 amide bonds. The van der Waals surface area contributed by atoms with E-state index in [1.807, 2.05) is 12.1 Å². The van der Waals surface area contributed by atoms with Crippen LogP contribution in [0.4, 0.5) is 0 Å². The van der Waals surface area contributed by atoms with Crippen LogP contribution in [0.3, 0.4) is 0 Å². The first-order chi connectivity index (χ1) is 11.5. The van der Waals surface area contributed by atoms with Crippen molar-refractivity contribution in [2.24, 2.45) is 5.92 Å². The standard InChI is InChI=1S/C16H22N4O3S/c1-12(2)24(21,22)20-9-7-13(11-20)5-6-15-18-16(23-19-15)14-4-3-8-17-10-14/h3-4,8,10,12-13H,5-7,9,11H2,1-2H3. The van der Waals surface area contributed by atoms with Crippen LogP contribution in [-0.4, -0.2) is 46.2 Å². The predicted molar refractivity (Wildman–Crippen MR) is 89.6 cm³/mol. The highest BCUT2D eigenvalue weighted by atomic mass is 32.2. The topological polar surface area (TPSA) is 89.2 Å². The third-order valence-corrected chi connectivity index (χ3v) is 6.60. The summed E-state index contributed by atoms with van der Waals surface area (Å²) in [5, 5.41) is 3.64. The van der Waals surface area contributed by atoms with E-state index in [0.29, 0.717) is 37.1 Å². The van der Waals surface area contributed by atoms with Crippen molar-refractivity contribution in [3.8, 4) is 11.5 Å². The lowest BCUT2D eigenvalue weighted by molar-refractivity contribution is 0.413. The van der Waals surface area contributed by atoms with Crippen LogP contribution in [0, 0.1) is 5.92 Å². The maximum absolute atomic E-state index is 12.2. The second-order valence-electron chi connectivity index (χ2n) is 6.40. The Bertz CT molecular complexity index is 774. The molecule has 0 spiro atoms. The maximum atomic E-state index is 12.2. The Hall–Kier alpha value is -1.80. The van der Waals surface area contributed by atoms with Gasteiger partial charge in [-0.25, -0.2) is 12.7 Å². The third-order valence-electron chi connectivity index (χ3n) is 4.36. The molecule has 1 fully saturated rings. The smallest absolute Gasteiger partial charge is 0.259 e. The van der Waals surface area contributed by atoms with Crippen LogP contribution < -0.4 is 0 Å². The molecule has 7 nitrogen and oxygen atoms in total. The van der Waals surface area contributed by atoms with E-state index in [0.717, 1.165) is 18.4 Å². The van der Waals surface area contributed by atoms with Crippen LogP contribution in [0.25, 0.3) is 11.5 Å². The average Bonchev–Trinajstić information content (AvgIpc) is 3.23. The lowest BCUT2D eigenvalue weighted by Crippen LogP contribution is -2.34. The number of pyridine rings is 1. The lowest BCUT2D eigenvalue weighted by Gasteiger charge is -2.18. The van der Waals surface area contributed by atoms with E-state index in [1.54, 1.807) is 30.5 Å². The second kappa shape index (κ2) is 6.98. The van der Waals surface area contributed by atoms with Gasteiger partial charge >= 0.3 is 0 Å². The molecule has 1 saturated heterocycles. The number of hydrogen-bond acceptors (Lipinski definition) is 6. The monoisotopic (exact) mass is 350 g/mol.